The third-order valence-electron chi connectivity index (χ3n) is 2.35. The van der Waals surface area contributed by atoms with E-state index in [0.717, 1.165) is 13.0 Å². The molecule has 0 saturated heterocycles. The Kier molecular flexibility index (Phi) is 5.57. The van der Waals surface area contributed by atoms with Crippen molar-refractivity contribution in [3.8, 4) is 0 Å². The molecule has 0 fully saturated rings. The molecule has 3 N–H and O–H groups in total. The molecule has 96 valence electrons. The molecule has 0 spiro atoms. The summed E-state index contributed by atoms with van der Waals surface area (Å²) in [6.07, 6.45) is 3.09. The minimum Gasteiger partial charge on any atom is -0.465 e. The van der Waals surface area contributed by atoms with Crippen molar-refractivity contribution in [1.29, 1.82) is 0 Å². The zero-order valence-corrected chi connectivity index (χ0v) is 11.8. The van der Waals surface area contributed by atoms with Gasteiger partial charge in [-0.15, -0.1) is 0 Å². The van der Waals surface area contributed by atoms with Crippen LogP contribution in [0.2, 0.25) is 0 Å². The van der Waals surface area contributed by atoms with Gasteiger partial charge in [0.15, 0.2) is 5.82 Å². The van der Waals surface area contributed by atoms with Gasteiger partial charge in [0, 0.05) is 11.8 Å². The molecule has 1 aromatic rings. The molecule has 0 aromatic carbocycles. The Labute approximate surface area is 109 Å². The molecular formula is C10H17N3O2S2. The molecule has 0 radical (unpaired) electrons. The van der Waals surface area contributed by atoms with Crippen molar-refractivity contribution in [2.24, 2.45) is 0 Å². The molecule has 0 amide bonds. The summed E-state index contributed by atoms with van der Waals surface area (Å²) in [6.45, 7) is 2.95. The van der Waals surface area contributed by atoms with Crippen molar-refractivity contribution in [3.63, 3.8) is 0 Å². The Morgan fingerprint density at radius 3 is 3.00 bits per heavy atom. The fraction of sp³-hybridized carbons (Fsp3) is 0.600. The number of nitrogens with one attached hydrogen (secondary N) is 1. The zero-order valence-electron chi connectivity index (χ0n) is 10.1. The zero-order chi connectivity index (χ0) is 12.8. The maximum absolute atomic E-state index is 11.5. The average Bonchev–Trinajstić information content (AvgIpc) is 2.69. The number of aromatic nitrogens is 1. The van der Waals surface area contributed by atoms with Gasteiger partial charge in [-0.05, 0) is 24.2 Å². The number of hydrogen-bond acceptors (Lipinski definition) is 7. The number of rotatable bonds is 6. The smallest absolute Gasteiger partial charge is 0.344 e. The minimum absolute atomic E-state index is 0.224. The molecule has 7 heteroatoms. The van der Waals surface area contributed by atoms with E-state index in [1.165, 1.54) is 18.6 Å². The van der Waals surface area contributed by atoms with Gasteiger partial charge in [-0.25, -0.2) is 4.79 Å². The molecule has 0 aliphatic rings. The van der Waals surface area contributed by atoms with Gasteiger partial charge < -0.3 is 15.8 Å². The number of nitrogens with zero attached hydrogens (tertiary/aromatic N) is 1. The summed E-state index contributed by atoms with van der Waals surface area (Å²) in [5, 5.41) is 4.44. The molecule has 1 atom stereocenters. The predicted octanol–water partition coefficient (Wildman–Crippen LogP) is 2.07. The van der Waals surface area contributed by atoms with Crippen LogP contribution in [0.4, 0.5) is 10.8 Å². The van der Waals surface area contributed by atoms with E-state index in [9.17, 15) is 4.79 Å². The van der Waals surface area contributed by atoms with Gasteiger partial charge in [-0.3, -0.25) is 0 Å². The number of anilines is 2. The summed E-state index contributed by atoms with van der Waals surface area (Å²) in [7, 11) is 1.33. The normalized spacial score (nSPS) is 12.2. The van der Waals surface area contributed by atoms with Gasteiger partial charge in [-0.1, -0.05) is 6.92 Å². The molecule has 0 aliphatic carbocycles. The number of carbonyl (C=O) groups is 1. The molecule has 1 unspecified atom stereocenters. The van der Waals surface area contributed by atoms with E-state index < -0.39 is 5.97 Å². The van der Waals surface area contributed by atoms with Crippen LogP contribution in [-0.2, 0) is 4.74 Å². The van der Waals surface area contributed by atoms with E-state index in [2.05, 4.69) is 27.6 Å². The number of esters is 1. The fourth-order valence-corrected chi connectivity index (χ4v) is 2.31. The van der Waals surface area contributed by atoms with Gasteiger partial charge in [0.2, 0.25) is 0 Å². The first-order chi connectivity index (χ1) is 8.10. The van der Waals surface area contributed by atoms with Crippen LogP contribution in [0.5, 0.6) is 0 Å². The first kappa shape index (κ1) is 14.1. The Morgan fingerprint density at radius 1 is 1.71 bits per heavy atom. The highest BCUT2D eigenvalue weighted by molar-refractivity contribution is 7.99. The first-order valence-electron chi connectivity index (χ1n) is 5.20. The van der Waals surface area contributed by atoms with E-state index in [0.29, 0.717) is 15.8 Å². The summed E-state index contributed by atoms with van der Waals surface area (Å²) in [5.41, 5.74) is 5.97. The van der Waals surface area contributed by atoms with Gasteiger partial charge >= 0.3 is 5.97 Å². The van der Waals surface area contributed by atoms with E-state index in [4.69, 9.17) is 5.73 Å². The van der Waals surface area contributed by atoms with E-state index >= 15 is 0 Å². The Hall–Kier alpha value is -0.950. The van der Waals surface area contributed by atoms with Gasteiger partial charge in [0.05, 0.1) is 7.11 Å². The second-order valence-electron chi connectivity index (χ2n) is 3.53. The lowest BCUT2D eigenvalue weighted by Gasteiger charge is -2.09. The Morgan fingerprint density at radius 2 is 2.41 bits per heavy atom. The molecule has 1 rings (SSSR count). The van der Waals surface area contributed by atoms with Crippen molar-refractivity contribution in [2.45, 2.75) is 18.6 Å². The van der Waals surface area contributed by atoms with Gasteiger partial charge in [0.1, 0.15) is 10.6 Å². The van der Waals surface area contributed by atoms with Crippen molar-refractivity contribution < 1.29 is 9.53 Å². The molecule has 0 aliphatic heterocycles. The van der Waals surface area contributed by atoms with Crippen molar-refractivity contribution in [3.05, 3.63) is 5.56 Å². The van der Waals surface area contributed by atoms with Crippen LogP contribution in [0, 0.1) is 0 Å². The highest BCUT2D eigenvalue weighted by atomic mass is 32.2. The number of hydrogen-bond donors (Lipinski definition) is 2. The SMILES string of the molecule is COC(=O)c1c(N)nsc1NCCC(C)SC. The maximum Gasteiger partial charge on any atom is 0.344 e. The number of nitrogen functional groups attached to an aromatic ring is 1. The van der Waals surface area contributed by atoms with E-state index in [1.54, 1.807) is 0 Å². The van der Waals surface area contributed by atoms with Crippen LogP contribution in [0.15, 0.2) is 0 Å². The fourth-order valence-electron chi connectivity index (χ4n) is 1.23. The Bertz CT molecular complexity index is 382. The van der Waals surface area contributed by atoms with E-state index in [-0.39, 0.29) is 5.82 Å². The molecule has 1 heterocycles. The lowest BCUT2D eigenvalue weighted by molar-refractivity contribution is 0.0603. The van der Waals surface area contributed by atoms with Crippen LogP contribution in [0.25, 0.3) is 0 Å². The van der Waals surface area contributed by atoms with Gasteiger partial charge in [0.25, 0.3) is 0 Å². The summed E-state index contributed by atoms with van der Waals surface area (Å²) >= 11 is 3.00. The van der Waals surface area contributed by atoms with Crippen LogP contribution >= 0.6 is 23.3 Å². The molecule has 0 saturated carbocycles. The lowest BCUT2D eigenvalue weighted by atomic mass is 10.3. The third-order valence-corrected chi connectivity index (χ3v) is 4.21. The van der Waals surface area contributed by atoms with Crippen LogP contribution in [-0.4, -0.2) is 35.5 Å². The maximum atomic E-state index is 11.5. The quantitative estimate of drug-likeness (QED) is 0.774. The second-order valence-corrected chi connectivity index (χ2v) is 5.57. The van der Waals surface area contributed by atoms with Gasteiger partial charge in [-0.2, -0.15) is 16.1 Å². The van der Waals surface area contributed by atoms with Crippen LogP contribution in [0.1, 0.15) is 23.7 Å². The summed E-state index contributed by atoms with van der Waals surface area (Å²) in [6, 6.07) is 0. The molecular weight excluding hydrogens is 258 g/mol. The highest BCUT2D eigenvalue weighted by Crippen LogP contribution is 2.27. The van der Waals surface area contributed by atoms with E-state index in [1.807, 2.05) is 11.8 Å². The summed E-state index contributed by atoms with van der Waals surface area (Å²) < 4.78 is 8.62. The second kappa shape index (κ2) is 6.70. The summed E-state index contributed by atoms with van der Waals surface area (Å²) in [4.78, 5) is 11.5. The molecule has 1 aromatic heterocycles. The number of ether oxygens (including phenoxy) is 1. The minimum atomic E-state index is -0.448. The topological polar surface area (TPSA) is 77.2 Å². The van der Waals surface area contributed by atoms with Crippen molar-refractivity contribution >= 4 is 40.1 Å². The van der Waals surface area contributed by atoms with Crippen molar-refractivity contribution in [2.75, 3.05) is 31.0 Å². The van der Waals surface area contributed by atoms with Crippen LogP contribution in [0.3, 0.4) is 0 Å². The lowest BCUT2D eigenvalue weighted by Crippen LogP contribution is -2.11. The molecule has 0 bridgehead atoms. The average molecular weight is 275 g/mol. The predicted molar refractivity (Wildman–Crippen MR) is 73.9 cm³/mol. The van der Waals surface area contributed by atoms with Crippen molar-refractivity contribution in [1.82, 2.24) is 4.37 Å². The number of nitrogens with two attached hydrogens (primary N) is 1. The number of carbonyl (C=O) groups excluding carboxylic acids is 1. The summed E-state index contributed by atoms with van der Waals surface area (Å²) in [5.74, 6) is -0.223. The highest BCUT2D eigenvalue weighted by Gasteiger charge is 2.19. The third kappa shape index (κ3) is 3.78. The largest absolute Gasteiger partial charge is 0.465 e. The standard InChI is InChI=1S/C10H17N3O2S2/c1-6(16-3)4-5-12-9-7(10(14)15-2)8(11)13-17-9/h6,12H,4-5H2,1-3H3,(H2,11,13). The van der Waals surface area contributed by atoms with Crippen LogP contribution < -0.4 is 11.1 Å². The number of thioether (sulfide) groups is 1. The molecule has 5 nitrogen and oxygen atoms in total. The number of methoxy groups -OCH3 is 1. The monoisotopic (exact) mass is 275 g/mol. The molecule has 17 heavy (non-hydrogen) atoms. The first-order valence-corrected chi connectivity index (χ1v) is 7.26. The Balaban J connectivity index is 2.62.